The third-order valence-electron chi connectivity index (χ3n) is 6.09. The number of Topliss-reactive ketones (excluding diaryl/α,β-unsaturated/α-hetero) is 1. The molecule has 1 aromatic heterocycles. The highest BCUT2D eigenvalue weighted by molar-refractivity contribution is 6.02. The van der Waals surface area contributed by atoms with E-state index in [0.717, 1.165) is 34.5 Å². The molecular formula is C22H25N3O2. The number of aromatic amines is 1. The molecule has 1 atom stereocenters. The Morgan fingerprint density at radius 2 is 1.96 bits per heavy atom. The van der Waals surface area contributed by atoms with Crippen LogP contribution >= 0.6 is 0 Å². The molecule has 0 saturated heterocycles. The molecule has 1 unspecified atom stereocenters. The number of fused-ring (bicyclic) bond motifs is 1. The van der Waals surface area contributed by atoms with Crippen LogP contribution in [0.4, 0.5) is 0 Å². The highest BCUT2D eigenvalue weighted by atomic mass is 16.1. The molecular weight excluding hydrogens is 338 g/mol. The maximum absolute atomic E-state index is 13.3. The Morgan fingerprint density at radius 1 is 1.22 bits per heavy atom. The number of nitrogens with two attached hydrogens (primary N) is 1. The number of allylic oxidation sites excluding steroid dienone is 2. The first-order chi connectivity index (χ1) is 12.6. The zero-order valence-corrected chi connectivity index (χ0v) is 16.3. The van der Waals surface area contributed by atoms with E-state index in [9.17, 15) is 9.59 Å². The molecule has 0 aliphatic heterocycles. The van der Waals surface area contributed by atoms with Crippen LogP contribution in [-0.4, -0.2) is 21.9 Å². The van der Waals surface area contributed by atoms with E-state index in [1.54, 1.807) is 6.07 Å². The minimum absolute atomic E-state index is 0.0469. The van der Waals surface area contributed by atoms with Crippen LogP contribution in [-0.2, 0) is 16.6 Å². The summed E-state index contributed by atoms with van der Waals surface area (Å²) in [7, 11) is 0. The first kappa shape index (κ1) is 17.7. The van der Waals surface area contributed by atoms with Crippen LogP contribution in [0, 0.1) is 12.3 Å². The number of primary amides is 1. The van der Waals surface area contributed by atoms with Gasteiger partial charge in [-0.1, -0.05) is 31.6 Å². The van der Waals surface area contributed by atoms with E-state index in [1.807, 2.05) is 25.1 Å². The van der Waals surface area contributed by atoms with E-state index >= 15 is 0 Å². The van der Waals surface area contributed by atoms with Gasteiger partial charge in [0.1, 0.15) is 0 Å². The first-order valence-electron chi connectivity index (χ1n) is 9.34. The van der Waals surface area contributed by atoms with Crippen LogP contribution in [0.2, 0.25) is 0 Å². The molecule has 0 saturated carbocycles. The van der Waals surface area contributed by atoms with Crippen LogP contribution < -0.4 is 5.73 Å². The zero-order valence-electron chi connectivity index (χ0n) is 16.3. The van der Waals surface area contributed by atoms with Gasteiger partial charge in [-0.15, -0.1) is 0 Å². The van der Waals surface area contributed by atoms with Gasteiger partial charge in [0, 0.05) is 40.7 Å². The van der Waals surface area contributed by atoms with Gasteiger partial charge < -0.3 is 5.73 Å². The molecule has 0 fully saturated rings. The van der Waals surface area contributed by atoms with Gasteiger partial charge in [0.15, 0.2) is 5.78 Å². The highest BCUT2D eigenvalue weighted by Crippen LogP contribution is 2.52. The van der Waals surface area contributed by atoms with Crippen LogP contribution in [0.15, 0.2) is 35.4 Å². The van der Waals surface area contributed by atoms with Gasteiger partial charge in [-0.25, -0.2) is 0 Å². The maximum Gasteiger partial charge on any atom is 0.248 e. The largest absolute Gasteiger partial charge is 0.366 e. The number of carbonyl (C=O) groups is 2. The minimum Gasteiger partial charge on any atom is -0.366 e. The highest BCUT2D eigenvalue weighted by Gasteiger charge is 2.48. The number of benzene rings is 1. The maximum atomic E-state index is 13.3. The average molecular weight is 363 g/mol. The summed E-state index contributed by atoms with van der Waals surface area (Å²) in [6.07, 6.45) is 2.11. The van der Waals surface area contributed by atoms with Crippen molar-refractivity contribution >= 4 is 11.7 Å². The second-order valence-electron chi connectivity index (χ2n) is 8.84. The molecule has 1 aromatic carbocycles. The van der Waals surface area contributed by atoms with Gasteiger partial charge in [-0.2, -0.15) is 5.10 Å². The zero-order chi connectivity index (χ0) is 19.6. The molecule has 1 amide bonds. The molecule has 3 N–H and O–H groups in total. The molecule has 2 aromatic rings. The first-order valence-corrected chi connectivity index (χ1v) is 9.34. The van der Waals surface area contributed by atoms with Crippen molar-refractivity contribution < 1.29 is 9.59 Å². The summed E-state index contributed by atoms with van der Waals surface area (Å²) in [5, 5.41) is 7.64. The molecule has 1 heterocycles. The Bertz CT molecular complexity index is 1010. The van der Waals surface area contributed by atoms with Crippen LogP contribution in [0.5, 0.6) is 0 Å². The Balaban J connectivity index is 2.02. The van der Waals surface area contributed by atoms with E-state index < -0.39 is 11.3 Å². The normalized spacial score (nSPS) is 23.8. The molecule has 0 bridgehead atoms. The predicted molar refractivity (Wildman–Crippen MR) is 103 cm³/mol. The molecule has 5 nitrogen and oxygen atoms in total. The van der Waals surface area contributed by atoms with E-state index in [4.69, 9.17) is 5.73 Å². The molecule has 4 rings (SSSR count). The number of rotatable bonds is 2. The molecule has 0 spiro atoms. The topological polar surface area (TPSA) is 88.8 Å². The number of hydrogen-bond donors (Lipinski definition) is 2. The van der Waals surface area contributed by atoms with Gasteiger partial charge in [-0.3, -0.25) is 14.7 Å². The van der Waals surface area contributed by atoms with Crippen LogP contribution in [0.1, 0.15) is 66.5 Å². The lowest BCUT2D eigenvalue weighted by Gasteiger charge is -2.43. The van der Waals surface area contributed by atoms with Crippen LogP contribution in [0.3, 0.4) is 0 Å². The summed E-state index contributed by atoms with van der Waals surface area (Å²) < 4.78 is 0. The van der Waals surface area contributed by atoms with Crippen LogP contribution in [0.25, 0.3) is 0 Å². The summed E-state index contributed by atoms with van der Waals surface area (Å²) in [4.78, 5) is 25.1. The second-order valence-corrected chi connectivity index (χ2v) is 8.84. The molecule has 140 valence electrons. The van der Waals surface area contributed by atoms with E-state index in [0.29, 0.717) is 18.4 Å². The standard InChI is InChI=1S/C22H25N3O2/c1-12-18-16(25-24-12)9-14-10-21(2,3)11-17(26)19(14)22(18,4)15-7-5-6-13(8-15)20(23)27/h5-8H,9-11H2,1-4H3,(H2,23,27)(H,24,25). The fourth-order valence-corrected chi connectivity index (χ4v) is 5.10. The molecule has 2 aliphatic rings. The number of nitrogens with zero attached hydrogens (tertiary/aromatic N) is 1. The molecule has 27 heavy (non-hydrogen) atoms. The monoisotopic (exact) mass is 363 g/mol. The number of H-pyrrole nitrogens is 1. The van der Waals surface area contributed by atoms with Crippen molar-refractivity contribution in [2.75, 3.05) is 0 Å². The smallest absolute Gasteiger partial charge is 0.248 e. The van der Waals surface area contributed by atoms with Gasteiger partial charge in [0.05, 0.1) is 5.69 Å². The van der Waals surface area contributed by atoms with Gasteiger partial charge >= 0.3 is 0 Å². The third-order valence-corrected chi connectivity index (χ3v) is 6.09. The van der Waals surface area contributed by atoms with E-state index in [2.05, 4.69) is 31.0 Å². The summed E-state index contributed by atoms with van der Waals surface area (Å²) >= 11 is 0. The molecule has 2 aliphatic carbocycles. The lowest BCUT2D eigenvalue weighted by Crippen LogP contribution is -2.41. The van der Waals surface area contributed by atoms with Gasteiger partial charge in [0.25, 0.3) is 0 Å². The Morgan fingerprint density at radius 3 is 2.67 bits per heavy atom. The summed E-state index contributed by atoms with van der Waals surface area (Å²) in [6.45, 7) is 8.36. The van der Waals surface area contributed by atoms with Crippen molar-refractivity contribution in [3.05, 3.63) is 63.5 Å². The average Bonchev–Trinajstić information content (AvgIpc) is 2.94. The Labute approximate surface area is 159 Å². The van der Waals surface area contributed by atoms with E-state index in [-0.39, 0.29) is 11.2 Å². The summed E-state index contributed by atoms with van der Waals surface area (Å²) in [5.41, 5.74) is 11.2. The molecule has 5 heteroatoms. The molecule has 0 radical (unpaired) electrons. The SMILES string of the molecule is Cc1[nH]nc2c1C(C)(c1cccc(C(N)=O)c1)C1=C(C2)CC(C)(C)CC1=O. The lowest BCUT2D eigenvalue weighted by atomic mass is 9.58. The minimum atomic E-state index is -0.640. The van der Waals surface area contributed by atoms with Gasteiger partial charge in [-0.05, 0) is 43.4 Å². The van der Waals surface area contributed by atoms with Crippen molar-refractivity contribution in [3.63, 3.8) is 0 Å². The third kappa shape index (κ3) is 2.56. The number of ketones is 1. The Kier molecular flexibility index (Phi) is 3.71. The van der Waals surface area contributed by atoms with Crippen molar-refractivity contribution in [1.82, 2.24) is 10.2 Å². The summed E-state index contributed by atoms with van der Waals surface area (Å²) in [6, 6.07) is 7.34. The number of nitrogens with one attached hydrogen (secondary N) is 1. The number of carbonyl (C=O) groups excluding carboxylic acids is 2. The van der Waals surface area contributed by atoms with Crippen molar-refractivity contribution in [3.8, 4) is 0 Å². The van der Waals surface area contributed by atoms with Gasteiger partial charge in [0.2, 0.25) is 5.91 Å². The van der Waals surface area contributed by atoms with Crippen molar-refractivity contribution in [1.29, 1.82) is 0 Å². The predicted octanol–water partition coefficient (Wildman–Crippen LogP) is 3.36. The quantitative estimate of drug-likeness (QED) is 0.857. The number of hydrogen-bond acceptors (Lipinski definition) is 3. The number of aromatic nitrogens is 2. The second kappa shape index (κ2) is 5.65. The fourth-order valence-electron chi connectivity index (χ4n) is 5.10. The summed E-state index contributed by atoms with van der Waals surface area (Å²) in [5.74, 6) is -0.273. The van der Waals surface area contributed by atoms with Crippen molar-refractivity contribution in [2.24, 2.45) is 11.1 Å². The number of amides is 1. The van der Waals surface area contributed by atoms with E-state index in [1.165, 1.54) is 5.57 Å². The Hall–Kier alpha value is -2.69. The number of aryl methyl sites for hydroxylation is 1. The fraction of sp³-hybridized carbons (Fsp3) is 0.409. The van der Waals surface area contributed by atoms with Crippen molar-refractivity contribution in [2.45, 2.75) is 52.4 Å². The lowest BCUT2D eigenvalue weighted by molar-refractivity contribution is -0.118.